The minimum Gasteiger partial charge on any atom is -0.495 e. The molecular weight excluding hydrogens is 371 g/mol. The van der Waals surface area contributed by atoms with E-state index in [4.69, 9.17) is 32.7 Å². The number of nitro groups is 1. The second kappa shape index (κ2) is 8.04. The minimum absolute atomic E-state index is 0.166. The van der Waals surface area contributed by atoms with E-state index in [1.54, 1.807) is 12.1 Å². The highest BCUT2D eigenvalue weighted by molar-refractivity contribution is 6.35. The number of nitrogens with one attached hydrogen (secondary N) is 1. The maximum Gasteiger partial charge on any atom is 0.271 e. The van der Waals surface area contributed by atoms with Gasteiger partial charge in [-0.15, -0.1) is 0 Å². The van der Waals surface area contributed by atoms with Crippen LogP contribution in [0.3, 0.4) is 0 Å². The van der Waals surface area contributed by atoms with Gasteiger partial charge in [0.2, 0.25) is 0 Å². The first-order chi connectivity index (χ1) is 11.8. The highest BCUT2D eigenvalue weighted by Gasteiger charge is 2.20. The van der Waals surface area contributed by atoms with Gasteiger partial charge in [-0.2, -0.15) is 0 Å². The second-order valence-electron chi connectivity index (χ2n) is 4.97. The molecule has 132 valence electrons. The maximum absolute atomic E-state index is 12.3. The molecule has 2 rings (SSSR count). The summed E-state index contributed by atoms with van der Waals surface area (Å²) in [5.74, 6) is 0.0558. The summed E-state index contributed by atoms with van der Waals surface area (Å²) in [5, 5.41) is 14.1. The van der Waals surface area contributed by atoms with Crippen LogP contribution in [0.15, 0.2) is 36.4 Å². The fraction of sp³-hybridized carbons (Fsp3) is 0.188. The third-order valence-corrected chi connectivity index (χ3v) is 3.75. The van der Waals surface area contributed by atoms with Crippen LogP contribution in [0, 0.1) is 10.1 Å². The molecule has 1 atom stereocenters. The molecule has 0 aromatic heterocycles. The Morgan fingerprint density at radius 3 is 2.48 bits per heavy atom. The molecule has 0 aliphatic rings. The first-order valence-corrected chi connectivity index (χ1v) is 7.82. The Bertz CT molecular complexity index is 813. The van der Waals surface area contributed by atoms with Crippen molar-refractivity contribution in [1.82, 2.24) is 0 Å². The number of amides is 1. The molecule has 0 saturated heterocycles. The monoisotopic (exact) mass is 384 g/mol. The third-order valence-electron chi connectivity index (χ3n) is 3.22. The quantitative estimate of drug-likeness (QED) is 0.591. The summed E-state index contributed by atoms with van der Waals surface area (Å²) >= 11 is 11.8. The SMILES string of the molecule is COc1ccc([N+](=O)[O-])cc1NC(=O)[C@@H](C)Oc1ccc(Cl)cc1Cl. The first-order valence-electron chi connectivity index (χ1n) is 7.07. The lowest BCUT2D eigenvalue weighted by molar-refractivity contribution is -0.384. The van der Waals surface area contributed by atoms with Crippen molar-refractivity contribution in [1.29, 1.82) is 0 Å². The summed E-state index contributed by atoms with van der Waals surface area (Å²) in [5.41, 5.74) is -0.00947. The summed E-state index contributed by atoms with van der Waals surface area (Å²) in [6, 6.07) is 8.50. The lowest BCUT2D eigenvalue weighted by atomic mass is 10.2. The van der Waals surface area contributed by atoms with E-state index in [0.29, 0.717) is 10.8 Å². The smallest absolute Gasteiger partial charge is 0.271 e. The Labute approximate surface area is 153 Å². The summed E-state index contributed by atoms with van der Waals surface area (Å²) < 4.78 is 10.6. The van der Waals surface area contributed by atoms with E-state index in [9.17, 15) is 14.9 Å². The molecule has 7 nitrogen and oxygen atoms in total. The number of hydrogen-bond donors (Lipinski definition) is 1. The van der Waals surface area contributed by atoms with E-state index < -0.39 is 16.9 Å². The van der Waals surface area contributed by atoms with E-state index in [-0.39, 0.29) is 22.1 Å². The van der Waals surface area contributed by atoms with Gasteiger partial charge >= 0.3 is 0 Å². The van der Waals surface area contributed by atoms with Crippen molar-refractivity contribution in [3.8, 4) is 11.5 Å². The molecule has 25 heavy (non-hydrogen) atoms. The third kappa shape index (κ3) is 4.74. The zero-order valence-electron chi connectivity index (χ0n) is 13.3. The van der Waals surface area contributed by atoms with Gasteiger partial charge < -0.3 is 14.8 Å². The number of carbonyl (C=O) groups is 1. The molecule has 1 N–H and O–H groups in total. The number of methoxy groups -OCH3 is 1. The van der Waals surface area contributed by atoms with Gasteiger partial charge in [-0.05, 0) is 31.2 Å². The van der Waals surface area contributed by atoms with Gasteiger partial charge in [0, 0.05) is 17.2 Å². The zero-order valence-corrected chi connectivity index (χ0v) is 14.8. The predicted molar refractivity (Wildman–Crippen MR) is 94.8 cm³/mol. The van der Waals surface area contributed by atoms with E-state index >= 15 is 0 Å². The van der Waals surface area contributed by atoms with Gasteiger partial charge in [-0.3, -0.25) is 14.9 Å². The fourth-order valence-corrected chi connectivity index (χ4v) is 2.41. The predicted octanol–water partition coefficient (Wildman–Crippen LogP) is 4.32. The molecule has 0 heterocycles. The molecule has 0 unspecified atom stereocenters. The number of ether oxygens (including phenoxy) is 2. The molecule has 0 bridgehead atoms. The molecule has 2 aromatic carbocycles. The second-order valence-corrected chi connectivity index (χ2v) is 5.81. The molecule has 1 amide bonds. The van der Waals surface area contributed by atoms with Crippen molar-refractivity contribution in [2.45, 2.75) is 13.0 Å². The Morgan fingerprint density at radius 1 is 1.20 bits per heavy atom. The molecular formula is C16H14Cl2N2O5. The lowest BCUT2D eigenvalue weighted by Crippen LogP contribution is -2.30. The van der Waals surface area contributed by atoms with Crippen molar-refractivity contribution >= 4 is 40.5 Å². The number of hydrogen-bond acceptors (Lipinski definition) is 5. The van der Waals surface area contributed by atoms with Gasteiger partial charge in [0.25, 0.3) is 11.6 Å². The van der Waals surface area contributed by atoms with Gasteiger partial charge in [0.05, 0.1) is 22.7 Å². The maximum atomic E-state index is 12.3. The molecule has 0 fully saturated rings. The van der Waals surface area contributed by atoms with Crippen molar-refractivity contribution < 1.29 is 19.2 Å². The molecule has 9 heteroatoms. The lowest BCUT2D eigenvalue weighted by Gasteiger charge is -2.16. The van der Waals surface area contributed by atoms with Crippen molar-refractivity contribution in [3.05, 3.63) is 56.6 Å². The van der Waals surface area contributed by atoms with Crippen LogP contribution in [0.4, 0.5) is 11.4 Å². The summed E-state index contributed by atoms with van der Waals surface area (Å²) in [4.78, 5) is 22.6. The van der Waals surface area contributed by atoms with Crippen molar-refractivity contribution in [3.63, 3.8) is 0 Å². The van der Waals surface area contributed by atoms with Crippen LogP contribution in [0.1, 0.15) is 6.92 Å². The average molecular weight is 385 g/mol. The Kier molecular flexibility index (Phi) is 6.06. The standard InChI is InChI=1S/C16H14Cl2N2O5/c1-9(25-14-5-3-10(17)7-12(14)18)16(21)19-13-8-11(20(22)23)4-6-15(13)24-2/h3-9H,1-2H3,(H,19,21)/t9-/m1/s1. The minimum atomic E-state index is -0.914. The molecule has 0 radical (unpaired) electrons. The summed E-state index contributed by atoms with van der Waals surface area (Å²) in [7, 11) is 1.39. The first kappa shape index (κ1) is 18.8. The molecule has 0 spiro atoms. The fourth-order valence-electron chi connectivity index (χ4n) is 1.96. The van der Waals surface area contributed by atoms with Crippen molar-refractivity contribution in [2.24, 2.45) is 0 Å². The number of non-ortho nitro benzene ring substituents is 1. The molecule has 0 aliphatic heterocycles. The van der Waals surface area contributed by atoms with Gasteiger partial charge in [-0.1, -0.05) is 23.2 Å². The largest absolute Gasteiger partial charge is 0.495 e. The Morgan fingerprint density at radius 2 is 1.88 bits per heavy atom. The zero-order chi connectivity index (χ0) is 18.6. The Hall–Kier alpha value is -2.51. The van der Waals surface area contributed by atoms with Gasteiger partial charge in [0.15, 0.2) is 6.10 Å². The number of nitro benzene ring substituents is 1. The Balaban J connectivity index is 2.15. The van der Waals surface area contributed by atoms with E-state index in [1.165, 1.54) is 38.3 Å². The van der Waals surface area contributed by atoms with Gasteiger partial charge in [0.1, 0.15) is 11.5 Å². The van der Waals surface area contributed by atoms with Crippen LogP contribution in [0.25, 0.3) is 0 Å². The van der Waals surface area contributed by atoms with Crippen LogP contribution < -0.4 is 14.8 Å². The van der Waals surface area contributed by atoms with Crippen LogP contribution in [0.2, 0.25) is 10.0 Å². The highest BCUT2D eigenvalue weighted by atomic mass is 35.5. The average Bonchev–Trinajstić information content (AvgIpc) is 2.57. The summed E-state index contributed by atoms with van der Waals surface area (Å²) in [6.45, 7) is 1.52. The molecule has 0 saturated carbocycles. The molecule has 2 aromatic rings. The summed E-state index contributed by atoms with van der Waals surface area (Å²) in [6.07, 6.45) is -0.914. The number of benzene rings is 2. The number of anilines is 1. The van der Waals surface area contributed by atoms with Crippen LogP contribution in [-0.2, 0) is 4.79 Å². The van der Waals surface area contributed by atoms with Crippen molar-refractivity contribution in [2.75, 3.05) is 12.4 Å². The van der Waals surface area contributed by atoms with Crippen LogP contribution in [0.5, 0.6) is 11.5 Å². The van der Waals surface area contributed by atoms with Crippen LogP contribution >= 0.6 is 23.2 Å². The number of nitrogens with zero attached hydrogens (tertiary/aromatic N) is 1. The van der Waals surface area contributed by atoms with Crippen LogP contribution in [-0.4, -0.2) is 24.0 Å². The normalized spacial score (nSPS) is 11.5. The topological polar surface area (TPSA) is 90.7 Å². The van der Waals surface area contributed by atoms with E-state index in [1.807, 2.05) is 0 Å². The number of rotatable bonds is 6. The highest BCUT2D eigenvalue weighted by Crippen LogP contribution is 2.30. The number of halogens is 2. The number of carbonyl (C=O) groups excluding carboxylic acids is 1. The van der Waals surface area contributed by atoms with E-state index in [2.05, 4.69) is 5.32 Å². The van der Waals surface area contributed by atoms with E-state index in [0.717, 1.165) is 0 Å². The molecule has 0 aliphatic carbocycles. The van der Waals surface area contributed by atoms with Gasteiger partial charge in [-0.25, -0.2) is 0 Å².